The summed E-state index contributed by atoms with van der Waals surface area (Å²) >= 11 is 0. The maximum atomic E-state index is 12.3. The molecule has 2 heterocycles. The second-order valence-corrected chi connectivity index (χ2v) is 5.68. The normalized spacial score (nSPS) is 10.2. The van der Waals surface area contributed by atoms with Crippen LogP contribution >= 0.6 is 0 Å². The molecule has 6 nitrogen and oxygen atoms in total. The number of nitrogens with zero attached hydrogens (tertiary/aromatic N) is 2. The van der Waals surface area contributed by atoms with Crippen LogP contribution in [0.25, 0.3) is 0 Å². The lowest BCUT2D eigenvalue weighted by atomic mass is 10.2. The SMILES string of the molecule is COc1ccc(CNc2cc(C(=O)NCc3cccnc3)ccn2)cc1. The molecule has 0 aliphatic rings. The van der Waals surface area contributed by atoms with Crippen molar-refractivity contribution in [2.45, 2.75) is 13.1 Å². The number of pyridine rings is 2. The summed E-state index contributed by atoms with van der Waals surface area (Å²) < 4.78 is 5.15. The van der Waals surface area contributed by atoms with Crippen molar-refractivity contribution in [1.29, 1.82) is 0 Å². The van der Waals surface area contributed by atoms with Crippen LogP contribution in [0.2, 0.25) is 0 Å². The van der Waals surface area contributed by atoms with Gasteiger partial charge >= 0.3 is 0 Å². The summed E-state index contributed by atoms with van der Waals surface area (Å²) in [5.74, 6) is 1.32. The smallest absolute Gasteiger partial charge is 0.251 e. The Hall–Kier alpha value is -3.41. The maximum absolute atomic E-state index is 12.3. The van der Waals surface area contributed by atoms with E-state index in [-0.39, 0.29) is 5.91 Å². The molecule has 3 aromatic rings. The van der Waals surface area contributed by atoms with Crippen LogP contribution in [0.1, 0.15) is 21.5 Å². The minimum atomic E-state index is -0.149. The zero-order chi connectivity index (χ0) is 18.2. The first kappa shape index (κ1) is 17.4. The lowest BCUT2D eigenvalue weighted by Crippen LogP contribution is -2.23. The van der Waals surface area contributed by atoms with Crippen LogP contribution < -0.4 is 15.4 Å². The Balaban J connectivity index is 1.57. The zero-order valence-electron chi connectivity index (χ0n) is 14.5. The summed E-state index contributed by atoms with van der Waals surface area (Å²) in [6.45, 7) is 1.04. The molecule has 6 heteroatoms. The third kappa shape index (κ3) is 4.80. The Bertz CT molecular complexity index is 851. The van der Waals surface area contributed by atoms with Gasteiger partial charge in [-0.15, -0.1) is 0 Å². The molecule has 2 N–H and O–H groups in total. The number of benzene rings is 1. The van der Waals surface area contributed by atoms with E-state index in [0.717, 1.165) is 16.9 Å². The first-order valence-electron chi connectivity index (χ1n) is 8.24. The fourth-order valence-corrected chi connectivity index (χ4v) is 2.39. The third-order valence-electron chi connectivity index (χ3n) is 3.83. The Morgan fingerprint density at radius 3 is 2.62 bits per heavy atom. The summed E-state index contributed by atoms with van der Waals surface area (Å²) in [6.07, 6.45) is 5.05. The van der Waals surface area contributed by atoms with Gasteiger partial charge in [0.1, 0.15) is 11.6 Å². The van der Waals surface area contributed by atoms with Crippen molar-refractivity contribution in [1.82, 2.24) is 15.3 Å². The molecule has 26 heavy (non-hydrogen) atoms. The molecule has 0 spiro atoms. The molecule has 0 saturated carbocycles. The van der Waals surface area contributed by atoms with Gasteiger partial charge in [0.2, 0.25) is 0 Å². The monoisotopic (exact) mass is 348 g/mol. The maximum Gasteiger partial charge on any atom is 0.251 e. The average molecular weight is 348 g/mol. The molecular weight excluding hydrogens is 328 g/mol. The first-order valence-corrected chi connectivity index (χ1v) is 8.24. The minimum absolute atomic E-state index is 0.149. The topological polar surface area (TPSA) is 76.1 Å². The summed E-state index contributed by atoms with van der Waals surface area (Å²) in [5.41, 5.74) is 2.60. The molecule has 0 saturated heterocycles. The molecular formula is C20H20N4O2. The molecule has 1 aromatic carbocycles. The van der Waals surface area contributed by atoms with Gasteiger partial charge in [-0.25, -0.2) is 4.98 Å². The van der Waals surface area contributed by atoms with Crippen molar-refractivity contribution in [3.8, 4) is 5.75 Å². The quantitative estimate of drug-likeness (QED) is 0.686. The molecule has 1 amide bonds. The second-order valence-electron chi connectivity index (χ2n) is 5.68. The molecule has 0 aliphatic heterocycles. The molecule has 0 atom stereocenters. The standard InChI is InChI=1S/C20H20N4O2/c1-26-18-6-4-15(5-7-18)13-23-19-11-17(8-10-22-19)20(25)24-14-16-3-2-9-21-12-16/h2-12H,13-14H2,1H3,(H,22,23)(H,24,25). The Morgan fingerprint density at radius 2 is 1.88 bits per heavy atom. The summed E-state index contributed by atoms with van der Waals surface area (Å²) in [4.78, 5) is 20.6. The summed E-state index contributed by atoms with van der Waals surface area (Å²) in [5, 5.41) is 6.11. The van der Waals surface area contributed by atoms with Gasteiger partial charge in [-0.3, -0.25) is 9.78 Å². The fourth-order valence-electron chi connectivity index (χ4n) is 2.39. The first-order chi connectivity index (χ1) is 12.7. The van der Waals surface area contributed by atoms with Gasteiger partial charge in [-0.2, -0.15) is 0 Å². The average Bonchev–Trinajstić information content (AvgIpc) is 2.72. The predicted octanol–water partition coefficient (Wildman–Crippen LogP) is 3.03. The second kappa shape index (κ2) is 8.62. The highest BCUT2D eigenvalue weighted by Crippen LogP contribution is 2.13. The Labute approximate surface area is 152 Å². The van der Waals surface area contributed by atoms with Crippen LogP contribution in [-0.4, -0.2) is 23.0 Å². The number of hydrogen-bond acceptors (Lipinski definition) is 5. The van der Waals surface area contributed by atoms with E-state index in [1.807, 2.05) is 36.4 Å². The largest absolute Gasteiger partial charge is 0.497 e. The van der Waals surface area contributed by atoms with Crippen molar-refractivity contribution in [3.05, 3.63) is 83.8 Å². The van der Waals surface area contributed by atoms with Crippen LogP contribution in [0.15, 0.2) is 67.1 Å². The van der Waals surface area contributed by atoms with Crippen molar-refractivity contribution < 1.29 is 9.53 Å². The summed E-state index contributed by atoms with van der Waals surface area (Å²) in [7, 11) is 1.64. The molecule has 2 aromatic heterocycles. The van der Waals surface area contributed by atoms with Crippen LogP contribution in [0.4, 0.5) is 5.82 Å². The van der Waals surface area contributed by atoms with E-state index in [1.165, 1.54) is 0 Å². The lowest BCUT2D eigenvalue weighted by molar-refractivity contribution is 0.0951. The Kier molecular flexibility index (Phi) is 5.77. The number of methoxy groups -OCH3 is 1. The van der Waals surface area contributed by atoms with Crippen molar-refractivity contribution >= 4 is 11.7 Å². The number of hydrogen-bond donors (Lipinski definition) is 2. The van der Waals surface area contributed by atoms with Gasteiger partial charge in [-0.1, -0.05) is 18.2 Å². The van der Waals surface area contributed by atoms with Gasteiger partial charge < -0.3 is 15.4 Å². The lowest BCUT2D eigenvalue weighted by Gasteiger charge is -2.09. The molecule has 3 rings (SSSR count). The highest BCUT2D eigenvalue weighted by molar-refractivity contribution is 5.94. The Morgan fingerprint density at radius 1 is 1.04 bits per heavy atom. The predicted molar refractivity (Wildman–Crippen MR) is 100.0 cm³/mol. The number of nitrogens with one attached hydrogen (secondary N) is 2. The highest BCUT2D eigenvalue weighted by Gasteiger charge is 2.07. The van der Waals surface area contributed by atoms with Crippen LogP contribution in [-0.2, 0) is 13.1 Å². The van der Waals surface area contributed by atoms with E-state index < -0.39 is 0 Å². The number of carbonyl (C=O) groups is 1. The van der Waals surface area contributed by atoms with E-state index >= 15 is 0 Å². The molecule has 0 aliphatic carbocycles. The van der Waals surface area contributed by atoms with E-state index in [9.17, 15) is 4.79 Å². The number of amides is 1. The number of anilines is 1. The minimum Gasteiger partial charge on any atom is -0.497 e. The van der Waals surface area contributed by atoms with Crippen LogP contribution in [0.3, 0.4) is 0 Å². The van der Waals surface area contributed by atoms with Gasteiger partial charge in [0.25, 0.3) is 5.91 Å². The highest BCUT2D eigenvalue weighted by atomic mass is 16.5. The molecule has 0 radical (unpaired) electrons. The van der Waals surface area contributed by atoms with Crippen LogP contribution in [0, 0.1) is 0 Å². The van der Waals surface area contributed by atoms with Crippen molar-refractivity contribution in [3.63, 3.8) is 0 Å². The molecule has 0 fully saturated rings. The van der Waals surface area contributed by atoms with Gasteiger partial charge in [0.15, 0.2) is 0 Å². The van der Waals surface area contributed by atoms with E-state index in [2.05, 4.69) is 20.6 Å². The van der Waals surface area contributed by atoms with Gasteiger partial charge in [0, 0.05) is 37.2 Å². The summed E-state index contributed by atoms with van der Waals surface area (Å²) in [6, 6.07) is 15.0. The molecule has 0 bridgehead atoms. The van der Waals surface area contributed by atoms with Gasteiger partial charge in [0.05, 0.1) is 7.11 Å². The van der Waals surface area contributed by atoms with E-state index in [4.69, 9.17) is 4.74 Å². The number of ether oxygens (including phenoxy) is 1. The third-order valence-corrected chi connectivity index (χ3v) is 3.83. The van der Waals surface area contributed by atoms with Crippen molar-refractivity contribution in [2.75, 3.05) is 12.4 Å². The van der Waals surface area contributed by atoms with E-state index in [1.54, 1.807) is 37.8 Å². The van der Waals surface area contributed by atoms with Crippen LogP contribution in [0.5, 0.6) is 5.75 Å². The number of carbonyl (C=O) groups excluding carboxylic acids is 1. The van der Waals surface area contributed by atoms with Crippen molar-refractivity contribution in [2.24, 2.45) is 0 Å². The molecule has 0 unspecified atom stereocenters. The number of aromatic nitrogens is 2. The number of rotatable bonds is 7. The fraction of sp³-hybridized carbons (Fsp3) is 0.150. The zero-order valence-corrected chi connectivity index (χ0v) is 14.5. The van der Waals surface area contributed by atoms with Gasteiger partial charge in [-0.05, 0) is 41.5 Å². The van der Waals surface area contributed by atoms with E-state index in [0.29, 0.717) is 24.5 Å². The molecule has 132 valence electrons.